The van der Waals surface area contributed by atoms with Crippen LogP contribution in [0.4, 0.5) is 10.1 Å². The van der Waals surface area contributed by atoms with Crippen molar-refractivity contribution in [2.45, 2.75) is 12.5 Å². The number of nitrogens with one attached hydrogen (secondary N) is 2. The number of halogens is 1. The van der Waals surface area contributed by atoms with Gasteiger partial charge in [-0.05, 0) is 42.0 Å². The molecule has 2 atom stereocenters. The zero-order chi connectivity index (χ0) is 18.3. The Morgan fingerprint density at radius 3 is 2.88 bits per heavy atom. The minimum Gasteiger partial charge on any atom is -0.361 e. The molecule has 3 aromatic rings. The Morgan fingerprint density at radius 1 is 1.23 bits per heavy atom. The average Bonchev–Trinajstić information content (AvgIpc) is 3.19. The summed E-state index contributed by atoms with van der Waals surface area (Å²) < 4.78 is 13.6. The molecule has 2 aromatic carbocycles. The van der Waals surface area contributed by atoms with Crippen LogP contribution in [0.3, 0.4) is 0 Å². The molecule has 0 aliphatic carbocycles. The largest absolute Gasteiger partial charge is 0.361 e. The van der Waals surface area contributed by atoms with Crippen LogP contribution in [0.2, 0.25) is 0 Å². The van der Waals surface area contributed by atoms with Crippen molar-refractivity contribution in [3.05, 3.63) is 66.1 Å². The molecule has 132 valence electrons. The smallest absolute Gasteiger partial charge is 0.230 e. The highest BCUT2D eigenvalue weighted by molar-refractivity contribution is 5.99. The van der Waals surface area contributed by atoms with Crippen LogP contribution in [0.15, 0.2) is 54.7 Å². The van der Waals surface area contributed by atoms with E-state index in [9.17, 15) is 14.0 Å². The summed E-state index contributed by atoms with van der Waals surface area (Å²) in [6.07, 6.45) is 1.94. The lowest BCUT2D eigenvalue weighted by Crippen LogP contribution is -2.30. The van der Waals surface area contributed by atoms with Crippen LogP contribution >= 0.6 is 0 Å². The van der Waals surface area contributed by atoms with Crippen molar-refractivity contribution in [3.8, 4) is 0 Å². The monoisotopic (exact) mass is 351 g/mol. The Bertz CT molecular complexity index is 997. The highest BCUT2D eigenvalue weighted by Crippen LogP contribution is 2.38. The van der Waals surface area contributed by atoms with Gasteiger partial charge in [-0.1, -0.05) is 12.1 Å². The number of aromatic amines is 1. The third-order valence-corrected chi connectivity index (χ3v) is 4.93. The molecule has 26 heavy (non-hydrogen) atoms. The van der Waals surface area contributed by atoms with Crippen molar-refractivity contribution in [3.63, 3.8) is 0 Å². The minimum atomic E-state index is -0.573. The molecule has 1 aromatic heterocycles. The fraction of sp³-hybridized carbons (Fsp3) is 0.200. The predicted octanol–water partition coefficient (Wildman–Crippen LogP) is 3.47. The topological polar surface area (TPSA) is 65.2 Å². The first kappa shape index (κ1) is 16.3. The molecule has 2 heterocycles. The minimum absolute atomic E-state index is 0.107. The fourth-order valence-corrected chi connectivity index (χ4v) is 3.62. The molecule has 1 saturated heterocycles. The number of aromatic nitrogens is 1. The van der Waals surface area contributed by atoms with E-state index in [1.807, 2.05) is 30.5 Å². The SMILES string of the molecule is CN1C(=O)CC(C(=O)Nc2ccc3[nH]ccc3c2)C1c1cccc(F)c1. The van der Waals surface area contributed by atoms with E-state index in [1.54, 1.807) is 19.2 Å². The first-order chi connectivity index (χ1) is 12.5. The third kappa shape index (κ3) is 2.83. The quantitative estimate of drug-likeness (QED) is 0.759. The maximum atomic E-state index is 13.6. The van der Waals surface area contributed by atoms with Crippen LogP contribution in [0.25, 0.3) is 10.9 Å². The van der Waals surface area contributed by atoms with E-state index in [1.165, 1.54) is 17.0 Å². The van der Waals surface area contributed by atoms with Gasteiger partial charge in [0.1, 0.15) is 5.82 Å². The molecule has 0 bridgehead atoms. The molecule has 2 unspecified atom stereocenters. The average molecular weight is 351 g/mol. The molecule has 1 fully saturated rings. The van der Waals surface area contributed by atoms with Crippen molar-refractivity contribution < 1.29 is 14.0 Å². The van der Waals surface area contributed by atoms with Crippen LogP contribution in [-0.4, -0.2) is 28.7 Å². The fourth-order valence-electron chi connectivity index (χ4n) is 3.62. The van der Waals surface area contributed by atoms with Gasteiger partial charge in [0, 0.05) is 36.3 Å². The van der Waals surface area contributed by atoms with E-state index in [-0.39, 0.29) is 24.1 Å². The van der Waals surface area contributed by atoms with E-state index in [2.05, 4.69) is 10.3 Å². The summed E-state index contributed by atoms with van der Waals surface area (Å²) in [5.74, 6) is -1.32. The first-order valence-corrected chi connectivity index (χ1v) is 8.42. The number of amides is 2. The molecule has 0 saturated carbocycles. The number of hydrogen-bond acceptors (Lipinski definition) is 2. The van der Waals surface area contributed by atoms with Gasteiger partial charge in [-0.25, -0.2) is 4.39 Å². The maximum absolute atomic E-state index is 13.6. The van der Waals surface area contributed by atoms with Gasteiger partial charge in [0.25, 0.3) is 0 Å². The lowest BCUT2D eigenvalue weighted by Gasteiger charge is -2.25. The summed E-state index contributed by atoms with van der Waals surface area (Å²) in [5.41, 5.74) is 2.28. The Balaban J connectivity index is 1.61. The van der Waals surface area contributed by atoms with Crippen LogP contribution in [0.5, 0.6) is 0 Å². The third-order valence-electron chi connectivity index (χ3n) is 4.93. The van der Waals surface area contributed by atoms with E-state index in [0.29, 0.717) is 11.3 Å². The van der Waals surface area contributed by atoms with Gasteiger partial charge in [0.05, 0.1) is 12.0 Å². The van der Waals surface area contributed by atoms with Gasteiger partial charge < -0.3 is 15.2 Å². The number of carbonyl (C=O) groups is 2. The zero-order valence-electron chi connectivity index (χ0n) is 14.2. The summed E-state index contributed by atoms with van der Waals surface area (Å²) in [7, 11) is 1.65. The van der Waals surface area contributed by atoms with Crippen LogP contribution < -0.4 is 5.32 Å². The summed E-state index contributed by atoms with van der Waals surface area (Å²) >= 11 is 0. The number of hydrogen-bond donors (Lipinski definition) is 2. The van der Waals surface area contributed by atoms with Crippen LogP contribution in [0.1, 0.15) is 18.0 Å². The van der Waals surface area contributed by atoms with Crippen molar-refractivity contribution >= 4 is 28.4 Å². The Kier molecular flexibility index (Phi) is 3.95. The molecular weight excluding hydrogens is 333 g/mol. The van der Waals surface area contributed by atoms with Crippen LogP contribution in [0, 0.1) is 11.7 Å². The Labute approximate surface area is 149 Å². The molecule has 2 N–H and O–H groups in total. The molecule has 0 radical (unpaired) electrons. The molecule has 4 rings (SSSR count). The number of carbonyl (C=O) groups excluding carboxylic acids is 2. The molecule has 5 nitrogen and oxygen atoms in total. The van der Waals surface area contributed by atoms with Gasteiger partial charge in [0.2, 0.25) is 11.8 Å². The highest BCUT2D eigenvalue weighted by atomic mass is 19.1. The number of benzene rings is 2. The molecule has 2 amide bonds. The number of anilines is 1. The number of nitrogens with zero attached hydrogens (tertiary/aromatic N) is 1. The molecule has 0 spiro atoms. The summed E-state index contributed by atoms with van der Waals surface area (Å²) in [6.45, 7) is 0. The lowest BCUT2D eigenvalue weighted by atomic mass is 9.92. The number of rotatable bonds is 3. The summed E-state index contributed by atoms with van der Waals surface area (Å²) in [4.78, 5) is 29.7. The second kappa shape index (κ2) is 6.29. The molecule has 1 aliphatic rings. The summed E-state index contributed by atoms with van der Waals surface area (Å²) in [6, 6.07) is 13.1. The number of likely N-dealkylation sites (tertiary alicyclic amines) is 1. The van der Waals surface area contributed by atoms with Gasteiger partial charge >= 0.3 is 0 Å². The van der Waals surface area contributed by atoms with Crippen molar-refractivity contribution in [1.29, 1.82) is 0 Å². The molecular formula is C20H18FN3O2. The lowest BCUT2D eigenvalue weighted by molar-refractivity contribution is -0.128. The predicted molar refractivity (Wildman–Crippen MR) is 96.9 cm³/mol. The van der Waals surface area contributed by atoms with Gasteiger partial charge in [-0.2, -0.15) is 0 Å². The molecule has 6 heteroatoms. The second-order valence-corrected chi connectivity index (χ2v) is 6.58. The summed E-state index contributed by atoms with van der Waals surface area (Å²) in [5, 5.41) is 3.89. The Morgan fingerprint density at radius 2 is 2.08 bits per heavy atom. The number of H-pyrrole nitrogens is 1. The van der Waals surface area contributed by atoms with Crippen molar-refractivity contribution in [2.75, 3.05) is 12.4 Å². The van der Waals surface area contributed by atoms with Crippen molar-refractivity contribution in [1.82, 2.24) is 9.88 Å². The van der Waals surface area contributed by atoms with Gasteiger partial charge in [-0.3, -0.25) is 9.59 Å². The zero-order valence-corrected chi connectivity index (χ0v) is 14.2. The van der Waals surface area contributed by atoms with Crippen LogP contribution in [-0.2, 0) is 9.59 Å². The number of fused-ring (bicyclic) bond motifs is 1. The Hall–Kier alpha value is -3.15. The standard InChI is InChI=1S/C20H18FN3O2/c1-24-18(25)11-16(19(24)13-3-2-4-14(21)9-13)20(26)23-15-5-6-17-12(10-15)7-8-22-17/h2-10,16,19,22H,11H2,1H3,(H,23,26). The van der Waals surface area contributed by atoms with E-state index >= 15 is 0 Å². The van der Waals surface area contributed by atoms with Gasteiger partial charge in [0.15, 0.2) is 0 Å². The highest BCUT2D eigenvalue weighted by Gasteiger charge is 2.42. The van der Waals surface area contributed by atoms with E-state index < -0.39 is 12.0 Å². The molecule has 1 aliphatic heterocycles. The maximum Gasteiger partial charge on any atom is 0.230 e. The van der Waals surface area contributed by atoms with E-state index in [4.69, 9.17) is 0 Å². The van der Waals surface area contributed by atoms with Gasteiger partial charge in [-0.15, -0.1) is 0 Å². The first-order valence-electron chi connectivity index (χ1n) is 8.42. The second-order valence-electron chi connectivity index (χ2n) is 6.58. The van der Waals surface area contributed by atoms with Crippen molar-refractivity contribution in [2.24, 2.45) is 5.92 Å². The normalized spacial score (nSPS) is 19.9. The van der Waals surface area contributed by atoms with E-state index in [0.717, 1.165) is 10.9 Å².